The molecule has 0 aliphatic rings. The van der Waals surface area contributed by atoms with E-state index in [0.29, 0.717) is 28.2 Å². The number of ether oxygens (including phenoxy) is 1. The number of nitrogens with zero attached hydrogens (tertiary/aromatic N) is 1. The van der Waals surface area contributed by atoms with Gasteiger partial charge in [-0.25, -0.2) is 9.78 Å². The number of nitrogens with one attached hydrogen (secondary N) is 2. The molecule has 0 spiro atoms. The van der Waals surface area contributed by atoms with E-state index in [4.69, 9.17) is 4.74 Å². The summed E-state index contributed by atoms with van der Waals surface area (Å²) in [5.74, 6) is -0.865. The van der Waals surface area contributed by atoms with Crippen molar-refractivity contribution in [1.82, 2.24) is 4.98 Å². The summed E-state index contributed by atoms with van der Waals surface area (Å²) in [5, 5.41) is 5.82. The van der Waals surface area contributed by atoms with Crippen LogP contribution in [-0.4, -0.2) is 29.8 Å². The molecule has 0 aliphatic heterocycles. The number of methoxy groups -OCH3 is 1. The molecule has 0 saturated carbocycles. The Kier molecular flexibility index (Phi) is 5.99. The first-order valence-electron chi connectivity index (χ1n) is 8.80. The second kappa shape index (κ2) is 8.79. The monoisotopic (exact) mass is 389 g/mol. The Bertz CT molecular complexity index is 1040. The quantitative estimate of drug-likeness (QED) is 0.487. The molecule has 2 aromatic carbocycles. The van der Waals surface area contributed by atoms with Gasteiger partial charge in [-0.05, 0) is 55.5 Å². The van der Waals surface area contributed by atoms with Gasteiger partial charge in [0.15, 0.2) is 5.78 Å². The van der Waals surface area contributed by atoms with Crippen LogP contribution in [0.25, 0.3) is 0 Å². The van der Waals surface area contributed by atoms with E-state index >= 15 is 0 Å². The van der Waals surface area contributed by atoms with Crippen LogP contribution in [0.15, 0.2) is 66.9 Å². The lowest BCUT2D eigenvalue weighted by atomic mass is 10.1. The number of para-hydroxylation sites is 1. The average molecular weight is 389 g/mol. The first-order valence-corrected chi connectivity index (χ1v) is 8.80. The summed E-state index contributed by atoms with van der Waals surface area (Å²) in [4.78, 5) is 39.7. The van der Waals surface area contributed by atoms with Crippen molar-refractivity contribution in [1.29, 1.82) is 0 Å². The van der Waals surface area contributed by atoms with Gasteiger partial charge in [0.2, 0.25) is 0 Å². The molecule has 7 nitrogen and oxygen atoms in total. The summed E-state index contributed by atoms with van der Waals surface area (Å²) in [7, 11) is 1.32. The Morgan fingerprint density at radius 3 is 2.21 bits per heavy atom. The van der Waals surface area contributed by atoms with Gasteiger partial charge in [-0.3, -0.25) is 9.59 Å². The van der Waals surface area contributed by atoms with Crippen molar-refractivity contribution < 1.29 is 19.1 Å². The van der Waals surface area contributed by atoms with Crippen LogP contribution in [0.5, 0.6) is 0 Å². The van der Waals surface area contributed by atoms with Crippen molar-refractivity contribution in [2.24, 2.45) is 0 Å². The highest BCUT2D eigenvalue weighted by Gasteiger charge is 2.12. The molecule has 0 atom stereocenters. The Labute approximate surface area is 167 Å². The maximum Gasteiger partial charge on any atom is 0.339 e. The Balaban J connectivity index is 1.69. The van der Waals surface area contributed by atoms with E-state index in [9.17, 15) is 14.4 Å². The highest BCUT2D eigenvalue weighted by molar-refractivity contribution is 6.03. The van der Waals surface area contributed by atoms with Crippen LogP contribution in [0.3, 0.4) is 0 Å². The molecule has 7 heteroatoms. The molecule has 3 rings (SSSR count). The lowest BCUT2D eigenvalue weighted by molar-refractivity contribution is 0.0601. The predicted octanol–water partition coefficient (Wildman–Crippen LogP) is 4.07. The van der Waals surface area contributed by atoms with Gasteiger partial charge in [-0.15, -0.1) is 0 Å². The summed E-state index contributed by atoms with van der Waals surface area (Å²) in [6.45, 7) is 1.48. The summed E-state index contributed by atoms with van der Waals surface area (Å²) in [6, 6.07) is 16.8. The number of carbonyl (C=O) groups is 3. The van der Waals surface area contributed by atoms with Crippen LogP contribution >= 0.6 is 0 Å². The molecule has 0 aliphatic carbocycles. The van der Waals surface area contributed by atoms with Crippen LogP contribution in [-0.2, 0) is 4.74 Å². The number of anilines is 3. The molecule has 1 aromatic heterocycles. The van der Waals surface area contributed by atoms with Crippen LogP contribution in [0, 0.1) is 0 Å². The normalized spacial score (nSPS) is 10.1. The van der Waals surface area contributed by atoms with Crippen molar-refractivity contribution in [2.75, 3.05) is 17.7 Å². The highest BCUT2D eigenvalue weighted by Crippen LogP contribution is 2.21. The maximum atomic E-state index is 12.4. The van der Waals surface area contributed by atoms with E-state index in [1.807, 2.05) is 0 Å². The Morgan fingerprint density at radius 1 is 0.897 bits per heavy atom. The zero-order valence-corrected chi connectivity index (χ0v) is 15.9. The third kappa shape index (κ3) is 4.84. The molecule has 0 fully saturated rings. The predicted molar refractivity (Wildman–Crippen MR) is 110 cm³/mol. The SMILES string of the molecule is COC(=O)c1ccccc1Nc1ccc(C(=O)Nc2ccc(C(C)=O)cc2)nc1. The molecule has 29 heavy (non-hydrogen) atoms. The number of rotatable bonds is 6. The lowest BCUT2D eigenvalue weighted by Crippen LogP contribution is -2.13. The number of ketones is 1. The minimum absolute atomic E-state index is 0.0404. The first kappa shape index (κ1) is 19.8. The number of amides is 1. The van der Waals surface area contributed by atoms with Crippen molar-refractivity contribution in [3.63, 3.8) is 0 Å². The van der Waals surface area contributed by atoms with Gasteiger partial charge in [0.25, 0.3) is 5.91 Å². The molecular formula is C22H19N3O4. The fourth-order valence-electron chi connectivity index (χ4n) is 2.62. The number of hydrogen-bond donors (Lipinski definition) is 2. The summed E-state index contributed by atoms with van der Waals surface area (Å²) >= 11 is 0. The largest absolute Gasteiger partial charge is 0.465 e. The zero-order valence-electron chi connectivity index (χ0n) is 15.9. The van der Waals surface area contributed by atoms with Crippen molar-refractivity contribution in [3.8, 4) is 0 Å². The average Bonchev–Trinajstić information content (AvgIpc) is 2.74. The fourth-order valence-corrected chi connectivity index (χ4v) is 2.62. The number of pyridine rings is 1. The third-order valence-electron chi connectivity index (χ3n) is 4.16. The van der Waals surface area contributed by atoms with Gasteiger partial charge in [0, 0.05) is 11.3 Å². The Hall–Kier alpha value is -4.00. The van der Waals surface area contributed by atoms with Crippen molar-refractivity contribution in [3.05, 3.63) is 83.7 Å². The fraction of sp³-hybridized carbons (Fsp3) is 0.0909. The zero-order chi connectivity index (χ0) is 20.8. The first-order chi connectivity index (χ1) is 14.0. The van der Waals surface area contributed by atoms with Crippen molar-refractivity contribution >= 4 is 34.7 Å². The molecular weight excluding hydrogens is 370 g/mol. The molecule has 146 valence electrons. The summed E-state index contributed by atoms with van der Waals surface area (Å²) in [5.41, 5.74) is 2.95. The van der Waals surface area contributed by atoms with E-state index < -0.39 is 5.97 Å². The van der Waals surface area contributed by atoms with E-state index in [-0.39, 0.29) is 17.4 Å². The molecule has 1 heterocycles. The number of Topliss-reactive ketones (excluding diaryl/α,β-unsaturated/α-hetero) is 1. The molecule has 2 N–H and O–H groups in total. The molecule has 3 aromatic rings. The van der Waals surface area contributed by atoms with Crippen LogP contribution in [0.1, 0.15) is 38.1 Å². The minimum Gasteiger partial charge on any atom is -0.465 e. The van der Waals surface area contributed by atoms with Gasteiger partial charge in [-0.2, -0.15) is 0 Å². The van der Waals surface area contributed by atoms with Gasteiger partial charge < -0.3 is 15.4 Å². The van der Waals surface area contributed by atoms with Crippen molar-refractivity contribution in [2.45, 2.75) is 6.92 Å². The maximum absolute atomic E-state index is 12.4. The van der Waals surface area contributed by atoms with E-state index in [2.05, 4.69) is 15.6 Å². The number of esters is 1. The van der Waals surface area contributed by atoms with E-state index in [1.165, 1.54) is 20.2 Å². The molecule has 0 saturated heterocycles. The van der Waals surface area contributed by atoms with Gasteiger partial charge in [0.1, 0.15) is 5.69 Å². The molecule has 1 amide bonds. The van der Waals surface area contributed by atoms with Gasteiger partial charge >= 0.3 is 5.97 Å². The second-order valence-corrected chi connectivity index (χ2v) is 6.18. The lowest BCUT2D eigenvalue weighted by Gasteiger charge is -2.11. The minimum atomic E-state index is -0.451. The summed E-state index contributed by atoms with van der Waals surface area (Å²) < 4.78 is 4.78. The van der Waals surface area contributed by atoms with Gasteiger partial charge in [-0.1, -0.05) is 12.1 Å². The second-order valence-electron chi connectivity index (χ2n) is 6.18. The van der Waals surface area contributed by atoms with E-state index in [1.54, 1.807) is 60.7 Å². The number of aromatic nitrogens is 1. The summed E-state index contributed by atoms with van der Waals surface area (Å²) in [6.07, 6.45) is 1.50. The molecule has 0 radical (unpaired) electrons. The molecule has 0 bridgehead atoms. The number of hydrogen-bond acceptors (Lipinski definition) is 6. The van der Waals surface area contributed by atoms with E-state index in [0.717, 1.165) is 0 Å². The molecule has 0 unspecified atom stereocenters. The van der Waals surface area contributed by atoms with Crippen LogP contribution in [0.2, 0.25) is 0 Å². The Morgan fingerprint density at radius 2 is 1.59 bits per heavy atom. The number of carbonyl (C=O) groups excluding carboxylic acids is 3. The topological polar surface area (TPSA) is 97.4 Å². The van der Waals surface area contributed by atoms with Gasteiger partial charge in [0.05, 0.1) is 30.2 Å². The standard InChI is InChI=1S/C22H19N3O4/c1-14(26)15-7-9-16(10-8-15)25-21(27)20-12-11-17(13-23-20)24-19-6-4-3-5-18(19)22(28)29-2/h3-13,24H,1-2H3,(H,25,27). The van der Waals surface area contributed by atoms with Crippen LogP contribution < -0.4 is 10.6 Å². The number of benzene rings is 2. The third-order valence-corrected chi connectivity index (χ3v) is 4.16. The highest BCUT2D eigenvalue weighted by atomic mass is 16.5. The van der Waals surface area contributed by atoms with Crippen LogP contribution in [0.4, 0.5) is 17.1 Å². The smallest absolute Gasteiger partial charge is 0.339 e.